The number of hydrogen-bond donors (Lipinski definition) is 0. The SMILES string of the molecule is CS(=O)(=O)c1ccc(N2CCCC(Cn3ccnn3)C2)cc1. The maximum atomic E-state index is 11.5. The summed E-state index contributed by atoms with van der Waals surface area (Å²) in [7, 11) is -3.13. The Balaban J connectivity index is 1.69. The second kappa shape index (κ2) is 6.08. The lowest BCUT2D eigenvalue weighted by atomic mass is 9.97. The Morgan fingerprint density at radius 1 is 1.27 bits per heavy atom. The van der Waals surface area contributed by atoms with Crippen LogP contribution in [-0.4, -0.2) is 42.8 Å². The van der Waals surface area contributed by atoms with Gasteiger partial charge in [0.15, 0.2) is 9.84 Å². The van der Waals surface area contributed by atoms with Crippen LogP contribution in [0.25, 0.3) is 0 Å². The van der Waals surface area contributed by atoms with Gasteiger partial charge in [-0.15, -0.1) is 5.10 Å². The molecule has 1 aliphatic heterocycles. The van der Waals surface area contributed by atoms with Gasteiger partial charge in [0.1, 0.15) is 0 Å². The van der Waals surface area contributed by atoms with Crippen LogP contribution in [0.4, 0.5) is 5.69 Å². The molecule has 1 atom stereocenters. The normalized spacial score (nSPS) is 19.3. The van der Waals surface area contributed by atoms with Gasteiger partial charge in [-0.25, -0.2) is 8.42 Å². The highest BCUT2D eigenvalue weighted by atomic mass is 32.2. The number of hydrogen-bond acceptors (Lipinski definition) is 5. The fraction of sp³-hybridized carbons (Fsp3) is 0.467. The lowest BCUT2D eigenvalue weighted by molar-refractivity contribution is 0.348. The van der Waals surface area contributed by atoms with Gasteiger partial charge in [0.05, 0.1) is 11.1 Å². The van der Waals surface area contributed by atoms with Crippen molar-refractivity contribution in [3.63, 3.8) is 0 Å². The second-order valence-corrected chi connectivity index (χ2v) is 7.86. The summed E-state index contributed by atoms with van der Waals surface area (Å²) in [6, 6.07) is 7.17. The van der Waals surface area contributed by atoms with Crippen LogP contribution in [0.2, 0.25) is 0 Å². The van der Waals surface area contributed by atoms with Crippen molar-refractivity contribution in [1.29, 1.82) is 0 Å². The predicted molar refractivity (Wildman–Crippen MR) is 84.5 cm³/mol. The number of aromatic nitrogens is 3. The molecule has 0 bridgehead atoms. The quantitative estimate of drug-likeness (QED) is 0.856. The molecule has 22 heavy (non-hydrogen) atoms. The van der Waals surface area contributed by atoms with Crippen LogP contribution in [0.15, 0.2) is 41.6 Å². The molecule has 1 fully saturated rings. The van der Waals surface area contributed by atoms with Crippen molar-refractivity contribution in [1.82, 2.24) is 15.0 Å². The van der Waals surface area contributed by atoms with Gasteiger partial charge in [-0.2, -0.15) is 0 Å². The van der Waals surface area contributed by atoms with Gasteiger partial charge in [-0.1, -0.05) is 5.21 Å². The van der Waals surface area contributed by atoms with Crippen molar-refractivity contribution in [2.45, 2.75) is 24.3 Å². The maximum Gasteiger partial charge on any atom is 0.175 e. The van der Waals surface area contributed by atoms with Crippen LogP contribution in [0.5, 0.6) is 0 Å². The van der Waals surface area contributed by atoms with Gasteiger partial charge in [0.2, 0.25) is 0 Å². The number of anilines is 1. The zero-order chi connectivity index (χ0) is 15.6. The summed E-state index contributed by atoms with van der Waals surface area (Å²) < 4.78 is 24.9. The molecule has 0 radical (unpaired) electrons. The zero-order valence-corrected chi connectivity index (χ0v) is 13.4. The van der Waals surface area contributed by atoms with Gasteiger partial charge in [0.25, 0.3) is 0 Å². The van der Waals surface area contributed by atoms with Crippen molar-refractivity contribution in [2.75, 3.05) is 24.2 Å². The monoisotopic (exact) mass is 320 g/mol. The van der Waals surface area contributed by atoms with E-state index in [9.17, 15) is 8.42 Å². The largest absolute Gasteiger partial charge is 0.371 e. The van der Waals surface area contributed by atoms with Gasteiger partial charge < -0.3 is 4.90 Å². The molecule has 2 aromatic rings. The van der Waals surface area contributed by atoms with E-state index in [2.05, 4.69) is 15.2 Å². The average Bonchev–Trinajstić information content (AvgIpc) is 3.00. The summed E-state index contributed by atoms with van der Waals surface area (Å²) >= 11 is 0. The molecule has 2 heterocycles. The first kappa shape index (κ1) is 15.0. The molecule has 0 saturated carbocycles. The highest BCUT2D eigenvalue weighted by molar-refractivity contribution is 7.90. The summed E-state index contributed by atoms with van der Waals surface area (Å²) in [6.45, 7) is 2.84. The summed E-state index contributed by atoms with van der Waals surface area (Å²) in [5, 5.41) is 7.87. The molecule has 6 nitrogen and oxygen atoms in total. The van der Waals surface area contributed by atoms with Crippen LogP contribution >= 0.6 is 0 Å². The third-order valence-corrected chi connectivity index (χ3v) is 5.19. The summed E-state index contributed by atoms with van der Waals surface area (Å²) in [5.41, 5.74) is 1.08. The Bertz CT molecular complexity index is 711. The molecule has 7 heteroatoms. The van der Waals surface area contributed by atoms with Gasteiger partial charge in [-0.3, -0.25) is 4.68 Å². The van der Waals surface area contributed by atoms with Crippen LogP contribution in [0, 0.1) is 5.92 Å². The lowest BCUT2D eigenvalue weighted by Crippen LogP contribution is -2.37. The second-order valence-electron chi connectivity index (χ2n) is 5.85. The molecule has 0 spiro atoms. The third-order valence-electron chi connectivity index (χ3n) is 4.07. The first-order chi connectivity index (χ1) is 10.5. The topological polar surface area (TPSA) is 68.1 Å². The molecular formula is C15H20N4O2S. The number of rotatable bonds is 4. The first-order valence-electron chi connectivity index (χ1n) is 7.41. The van der Waals surface area contributed by atoms with Crippen LogP contribution in [0.1, 0.15) is 12.8 Å². The van der Waals surface area contributed by atoms with Crippen molar-refractivity contribution >= 4 is 15.5 Å². The molecule has 1 aromatic heterocycles. The van der Waals surface area contributed by atoms with Crippen molar-refractivity contribution in [3.8, 4) is 0 Å². The van der Waals surface area contributed by atoms with Crippen molar-refractivity contribution < 1.29 is 8.42 Å². The zero-order valence-electron chi connectivity index (χ0n) is 12.6. The van der Waals surface area contributed by atoms with E-state index in [0.29, 0.717) is 10.8 Å². The minimum absolute atomic E-state index is 0.368. The highest BCUT2D eigenvalue weighted by Gasteiger charge is 2.21. The van der Waals surface area contributed by atoms with E-state index in [0.717, 1.165) is 31.7 Å². The third kappa shape index (κ3) is 3.47. The summed E-state index contributed by atoms with van der Waals surface area (Å²) in [6.07, 6.45) is 7.13. The van der Waals surface area contributed by atoms with Gasteiger partial charge in [0, 0.05) is 37.8 Å². The Labute approximate surface area is 130 Å². The molecule has 1 saturated heterocycles. The Morgan fingerprint density at radius 2 is 2.05 bits per heavy atom. The first-order valence-corrected chi connectivity index (χ1v) is 9.31. The van der Waals surface area contributed by atoms with Crippen molar-refractivity contribution in [3.05, 3.63) is 36.7 Å². The lowest BCUT2D eigenvalue weighted by Gasteiger charge is -2.34. The fourth-order valence-electron chi connectivity index (χ4n) is 2.95. The van der Waals surface area contributed by atoms with Crippen LogP contribution < -0.4 is 4.90 Å². The molecule has 0 N–H and O–H groups in total. The Kier molecular flexibility index (Phi) is 4.15. The van der Waals surface area contributed by atoms with Crippen molar-refractivity contribution in [2.24, 2.45) is 5.92 Å². The Morgan fingerprint density at radius 3 is 2.68 bits per heavy atom. The average molecular weight is 320 g/mol. The van der Waals surface area contributed by atoms with Gasteiger partial charge >= 0.3 is 0 Å². The molecular weight excluding hydrogens is 300 g/mol. The molecule has 0 aliphatic carbocycles. The van der Waals surface area contributed by atoms with E-state index in [1.54, 1.807) is 18.3 Å². The number of nitrogens with zero attached hydrogens (tertiary/aromatic N) is 4. The predicted octanol–water partition coefficient (Wildman–Crippen LogP) is 1.60. The number of benzene rings is 1. The van der Waals surface area contributed by atoms with E-state index in [-0.39, 0.29) is 0 Å². The number of sulfone groups is 1. The minimum Gasteiger partial charge on any atom is -0.371 e. The molecule has 3 rings (SSSR count). The molecule has 1 unspecified atom stereocenters. The fourth-order valence-corrected chi connectivity index (χ4v) is 3.58. The van der Waals surface area contributed by atoms with Gasteiger partial charge in [-0.05, 0) is 43.0 Å². The molecule has 1 aromatic carbocycles. The molecule has 0 amide bonds. The smallest absolute Gasteiger partial charge is 0.175 e. The van der Waals surface area contributed by atoms with Crippen LogP contribution in [0.3, 0.4) is 0 Å². The molecule has 118 valence electrons. The Hall–Kier alpha value is -1.89. The minimum atomic E-state index is -3.13. The van der Waals surface area contributed by atoms with E-state index in [1.165, 1.54) is 12.7 Å². The van der Waals surface area contributed by atoms with E-state index in [1.807, 2.05) is 23.0 Å². The van der Waals surface area contributed by atoms with E-state index < -0.39 is 9.84 Å². The van der Waals surface area contributed by atoms with E-state index in [4.69, 9.17) is 0 Å². The van der Waals surface area contributed by atoms with E-state index >= 15 is 0 Å². The standard InChI is InChI=1S/C15H20N4O2S/c1-22(20,21)15-6-4-14(5-7-15)18-9-2-3-13(11-18)12-19-10-8-16-17-19/h4-8,10,13H,2-3,9,11-12H2,1H3. The number of piperidine rings is 1. The summed E-state index contributed by atoms with van der Waals surface area (Å²) in [4.78, 5) is 2.68. The summed E-state index contributed by atoms with van der Waals surface area (Å²) in [5.74, 6) is 0.532. The van der Waals surface area contributed by atoms with Crippen LogP contribution in [-0.2, 0) is 16.4 Å². The maximum absolute atomic E-state index is 11.5. The highest BCUT2D eigenvalue weighted by Crippen LogP contribution is 2.25. The molecule has 1 aliphatic rings.